The van der Waals surface area contributed by atoms with Crippen LogP contribution in [0.25, 0.3) is 0 Å². The summed E-state index contributed by atoms with van der Waals surface area (Å²) in [5.41, 5.74) is 1.34. The van der Waals surface area contributed by atoms with Crippen LogP contribution in [0.5, 0.6) is 5.75 Å². The second-order valence-corrected chi connectivity index (χ2v) is 4.48. The maximum Gasteiger partial charge on any atom is 0.118 e. The standard InChI is InChI=1S/C16H25O2/c1-3-4-5-6-13-18-14-7-8-15-9-11-16(17-2)12-10-15/h9-12H,1,3-8,13-14H2,2H3. The maximum atomic E-state index is 5.60. The number of unbranched alkanes of at least 4 members (excludes halogenated alkanes) is 3. The van der Waals surface area contributed by atoms with Gasteiger partial charge >= 0.3 is 0 Å². The van der Waals surface area contributed by atoms with Gasteiger partial charge in [0.05, 0.1) is 7.11 Å². The predicted octanol–water partition coefficient (Wildman–Crippen LogP) is 4.04. The van der Waals surface area contributed by atoms with Crippen molar-refractivity contribution in [1.82, 2.24) is 0 Å². The van der Waals surface area contributed by atoms with Crippen LogP contribution in [-0.4, -0.2) is 20.3 Å². The fraction of sp³-hybridized carbons (Fsp3) is 0.562. The minimum Gasteiger partial charge on any atom is -0.497 e. The van der Waals surface area contributed by atoms with Gasteiger partial charge in [0.2, 0.25) is 0 Å². The largest absolute Gasteiger partial charge is 0.497 e. The Bertz CT molecular complexity index is 292. The first-order chi connectivity index (χ1) is 8.86. The van der Waals surface area contributed by atoms with Crippen molar-refractivity contribution in [2.24, 2.45) is 0 Å². The first-order valence-electron chi connectivity index (χ1n) is 6.86. The molecule has 0 aliphatic rings. The van der Waals surface area contributed by atoms with Crippen molar-refractivity contribution >= 4 is 0 Å². The lowest BCUT2D eigenvalue weighted by molar-refractivity contribution is 0.128. The van der Waals surface area contributed by atoms with Gasteiger partial charge in [-0.1, -0.05) is 38.3 Å². The summed E-state index contributed by atoms with van der Waals surface area (Å²) in [6.07, 6.45) is 6.82. The Hall–Kier alpha value is -1.02. The molecule has 1 aromatic rings. The molecular formula is C16H25O2. The third kappa shape index (κ3) is 6.65. The van der Waals surface area contributed by atoms with Gasteiger partial charge in [-0.05, 0) is 37.0 Å². The van der Waals surface area contributed by atoms with E-state index in [1.54, 1.807) is 7.11 Å². The van der Waals surface area contributed by atoms with Crippen LogP contribution in [0.2, 0.25) is 0 Å². The number of hydrogen-bond acceptors (Lipinski definition) is 2. The predicted molar refractivity (Wildman–Crippen MR) is 76.0 cm³/mol. The van der Waals surface area contributed by atoms with Crippen molar-refractivity contribution in [2.75, 3.05) is 20.3 Å². The van der Waals surface area contributed by atoms with Crippen molar-refractivity contribution < 1.29 is 9.47 Å². The second kappa shape index (κ2) is 9.95. The highest BCUT2D eigenvalue weighted by Gasteiger charge is 1.95. The minimum absolute atomic E-state index is 0.858. The number of hydrogen-bond donors (Lipinski definition) is 0. The molecule has 0 spiro atoms. The van der Waals surface area contributed by atoms with Crippen molar-refractivity contribution in [3.8, 4) is 5.75 Å². The summed E-state index contributed by atoms with van der Waals surface area (Å²) in [5, 5.41) is 0. The molecule has 1 aromatic carbocycles. The van der Waals surface area contributed by atoms with Gasteiger partial charge in [-0.2, -0.15) is 0 Å². The van der Waals surface area contributed by atoms with Crippen molar-refractivity contribution in [3.63, 3.8) is 0 Å². The lowest BCUT2D eigenvalue weighted by atomic mass is 10.1. The van der Waals surface area contributed by atoms with E-state index in [4.69, 9.17) is 9.47 Å². The first-order valence-corrected chi connectivity index (χ1v) is 6.86. The molecule has 0 bridgehead atoms. The van der Waals surface area contributed by atoms with E-state index in [1.165, 1.54) is 18.4 Å². The van der Waals surface area contributed by atoms with Crippen LogP contribution in [-0.2, 0) is 11.2 Å². The molecule has 0 aromatic heterocycles. The van der Waals surface area contributed by atoms with Gasteiger partial charge in [0, 0.05) is 13.2 Å². The zero-order valence-corrected chi connectivity index (χ0v) is 11.5. The molecule has 0 heterocycles. The number of ether oxygens (including phenoxy) is 2. The Morgan fingerprint density at radius 3 is 2.33 bits per heavy atom. The zero-order chi connectivity index (χ0) is 13.1. The van der Waals surface area contributed by atoms with Gasteiger partial charge in [-0.3, -0.25) is 0 Å². The monoisotopic (exact) mass is 249 g/mol. The molecule has 0 saturated heterocycles. The number of benzene rings is 1. The molecule has 0 saturated carbocycles. The van der Waals surface area contributed by atoms with Crippen LogP contribution in [0.1, 0.15) is 37.7 Å². The molecule has 0 N–H and O–H groups in total. The molecule has 2 nitrogen and oxygen atoms in total. The van der Waals surface area contributed by atoms with Crippen LogP contribution in [0.4, 0.5) is 0 Å². The average Bonchev–Trinajstić information content (AvgIpc) is 2.42. The van der Waals surface area contributed by atoms with Gasteiger partial charge < -0.3 is 9.47 Å². The molecule has 101 valence electrons. The topological polar surface area (TPSA) is 18.5 Å². The van der Waals surface area contributed by atoms with E-state index in [0.29, 0.717) is 0 Å². The molecular weight excluding hydrogens is 224 g/mol. The Kier molecular flexibility index (Phi) is 8.32. The molecule has 0 atom stereocenters. The number of methoxy groups -OCH3 is 1. The van der Waals surface area contributed by atoms with Gasteiger partial charge in [-0.15, -0.1) is 0 Å². The molecule has 1 rings (SSSR count). The molecule has 0 fully saturated rings. The number of rotatable bonds is 10. The maximum absolute atomic E-state index is 5.60. The third-order valence-corrected chi connectivity index (χ3v) is 2.95. The summed E-state index contributed by atoms with van der Waals surface area (Å²) >= 11 is 0. The van der Waals surface area contributed by atoms with Gasteiger partial charge in [0.15, 0.2) is 0 Å². The Balaban J connectivity index is 2.00. The van der Waals surface area contributed by atoms with Crippen LogP contribution in [0, 0.1) is 6.92 Å². The Labute approximate surface area is 111 Å². The summed E-state index contributed by atoms with van der Waals surface area (Å²) in [6, 6.07) is 8.25. The van der Waals surface area contributed by atoms with E-state index in [-0.39, 0.29) is 0 Å². The highest BCUT2D eigenvalue weighted by atomic mass is 16.5. The summed E-state index contributed by atoms with van der Waals surface area (Å²) in [7, 11) is 1.69. The van der Waals surface area contributed by atoms with E-state index in [2.05, 4.69) is 19.1 Å². The Morgan fingerprint density at radius 1 is 0.944 bits per heavy atom. The summed E-state index contributed by atoms with van der Waals surface area (Å²) in [6.45, 7) is 5.58. The van der Waals surface area contributed by atoms with Gasteiger partial charge in [0.1, 0.15) is 5.75 Å². The van der Waals surface area contributed by atoms with Crippen LogP contribution in [0.3, 0.4) is 0 Å². The normalized spacial score (nSPS) is 10.6. The van der Waals surface area contributed by atoms with E-state index in [1.807, 2.05) is 12.1 Å². The second-order valence-electron chi connectivity index (χ2n) is 4.48. The zero-order valence-electron chi connectivity index (χ0n) is 11.5. The average molecular weight is 249 g/mol. The summed E-state index contributed by atoms with van der Waals surface area (Å²) < 4.78 is 10.7. The highest BCUT2D eigenvalue weighted by molar-refractivity contribution is 5.27. The van der Waals surface area contributed by atoms with E-state index < -0.39 is 0 Å². The third-order valence-electron chi connectivity index (χ3n) is 2.95. The Morgan fingerprint density at radius 2 is 1.67 bits per heavy atom. The lowest BCUT2D eigenvalue weighted by Crippen LogP contribution is -1.99. The van der Waals surface area contributed by atoms with Gasteiger partial charge in [-0.25, -0.2) is 0 Å². The van der Waals surface area contributed by atoms with Crippen LogP contribution >= 0.6 is 0 Å². The van der Waals surface area contributed by atoms with Crippen molar-refractivity contribution in [3.05, 3.63) is 36.8 Å². The molecule has 1 radical (unpaired) electrons. The fourth-order valence-corrected chi connectivity index (χ4v) is 1.83. The summed E-state index contributed by atoms with van der Waals surface area (Å²) in [4.78, 5) is 0. The van der Waals surface area contributed by atoms with Crippen LogP contribution in [0.15, 0.2) is 24.3 Å². The highest BCUT2D eigenvalue weighted by Crippen LogP contribution is 2.12. The smallest absolute Gasteiger partial charge is 0.118 e. The fourth-order valence-electron chi connectivity index (χ4n) is 1.83. The minimum atomic E-state index is 0.858. The van der Waals surface area contributed by atoms with E-state index in [9.17, 15) is 0 Å². The molecule has 0 unspecified atom stereocenters. The number of aryl methyl sites for hydroxylation is 1. The first kappa shape index (κ1) is 15.0. The molecule has 0 amide bonds. The quantitative estimate of drug-likeness (QED) is 0.583. The lowest BCUT2D eigenvalue weighted by Gasteiger charge is -2.05. The summed E-state index contributed by atoms with van der Waals surface area (Å²) in [5.74, 6) is 0.917. The van der Waals surface area contributed by atoms with E-state index >= 15 is 0 Å². The van der Waals surface area contributed by atoms with Gasteiger partial charge in [0.25, 0.3) is 0 Å². The van der Waals surface area contributed by atoms with E-state index in [0.717, 1.165) is 44.6 Å². The molecule has 2 heteroatoms. The van der Waals surface area contributed by atoms with Crippen molar-refractivity contribution in [2.45, 2.75) is 38.5 Å². The molecule has 0 aliphatic carbocycles. The molecule has 0 aliphatic heterocycles. The molecule has 18 heavy (non-hydrogen) atoms. The van der Waals surface area contributed by atoms with Crippen LogP contribution < -0.4 is 4.74 Å². The SMILES string of the molecule is [CH2]CCCCCOCCCc1ccc(OC)cc1. The van der Waals surface area contributed by atoms with Crippen molar-refractivity contribution in [1.29, 1.82) is 0 Å².